The first-order chi connectivity index (χ1) is 8.00. The minimum Gasteiger partial charge on any atom is -0.481 e. The van der Waals surface area contributed by atoms with Gasteiger partial charge in [-0.3, -0.25) is 9.59 Å². The Morgan fingerprint density at radius 3 is 2.29 bits per heavy atom. The molecule has 0 saturated heterocycles. The van der Waals surface area contributed by atoms with E-state index < -0.39 is 11.5 Å². The summed E-state index contributed by atoms with van der Waals surface area (Å²) in [4.78, 5) is 22.2. The van der Waals surface area contributed by atoms with Crippen molar-refractivity contribution in [2.45, 2.75) is 32.2 Å². The van der Waals surface area contributed by atoms with Crippen molar-refractivity contribution in [1.82, 2.24) is 5.32 Å². The van der Waals surface area contributed by atoms with Gasteiger partial charge in [-0.05, 0) is 12.0 Å². The van der Waals surface area contributed by atoms with Crippen molar-refractivity contribution >= 4 is 11.9 Å². The molecule has 1 amide bonds. The highest BCUT2D eigenvalue weighted by atomic mass is 16.4. The standard InChI is InChI=1S/C13H17NO3/c1-3-13(9-12(16)17,14-10(2)15)11-7-5-4-6-8-11/h4-8H,3,9H2,1-2H3,(H,14,15)(H,16,17). The normalized spacial score (nSPS) is 13.8. The maximum atomic E-state index is 11.3. The molecule has 92 valence electrons. The van der Waals surface area contributed by atoms with Gasteiger partial charge in [0, 0.05) is 6.92 Å². The van der Waals surface area contributed by atoms with Crippen molar-refractivity contribution in [2.24, 2.45) is 0 Å². The predicted molar refractivity (Wildman–Crippen MR) is 64.5 cm³/mol. The molecule has 1 aromatic rings. The van der Waals surface area contributed by atoms with Crippen LogP contribution in [0.15, 0.2) is 30.3 Å². The third-order valence-corrected chi connectivity index (χ3v) is 2.80. The molecule has 0 aliphatic heterocycles. The van der Waals surface area contributed by atoms with E-state index in [1.165, 1.54) is 6.92 Å². The summed E-state index contributed by atoms with van der Waals surface area (Å²) in [6.07, 6.45) is 0.413. The van der Waals surface area contributed by atoms with E-state index in [2.05, 4.69) is 5.32 Å². The minimum absolute atomic E-state index is 0.118. The lowest BCUT2D eigenvalue weighted by molar-refractivity contribution is -0.139. The molecule has 0 aliphatic carbocycles. The summed E-state index contributed by atoms with van der Waals surface area (Å²) in [6.45, 7) is 3.26. The Labute approximate surface area is 101 Å². The number of hydrogen-bond acceptors (Lipinski definition) is 2. The van der Waals surface area contributed by atoms with Crippen molar-refractivity contribution in [1.29, 1.82) is 0 Å². The van der Waals surface area contributed by atoms with Crippen LogP contribution in [0.5, 0.6) is 0 Å². The van der Waals surface area contributed by atoms with Crippen LogP contribution in [0, 0.1) is 0 Å². The van der Waals surface area contributed by atoms with E-state index in [4.69, 9.17) is 5.11 Å². The number of nitrogens with one attached hydrogen (secondary N) is 1. The van der Waals surface area contributed by atoms with Crippen LogP contribution >= 0.6 is 0 Å². The summed E-state index contributed by atoms with van der Waals surface area (Å²) in [7, 11) is 0. The van der Waals surface area contributed by atoms with Gasteiger partial charge < -0.3 is 10.4 Å². The number of rotatable bonds is 5. The molecule has 1 unspecified atom stereocenters. The predicted octanol–water partition coefficient (Wildman–Crippen LogP) is 1.90. The molecule has 0 aromatic heterocycles. The molecule has 0 radical (unpaired) electrons. The molecule has 0 spiro atoms. The molecule has 4 nitrogen and oxygen atoms in total. The molecule has 0 heterocycles. The summed E-state index contributed by atoms with van der Waals surface area (Å²) < 4.78 is 0. The molecule has 0 fully saturated rings. The van der Waals surface area contributed by atoms with Crippen molar-refractivity contribution in [3.05, 3.63) is 35.9 Å². The fourth-order valence-electron chi connectivity index (χ4n) is 1.99. The molecule has 0 aliphatic rings. The topological polar surface area (TPSA) is 66.4 Å². The molecule has 1 atom stereocenters. The fourth-order valence-corrected chi connectivity index (χ4v) is 1.99. The second-order valence-corrected chi connectivity index (χ2v) is 4.05. The highest BCUT2D eigenvalue weighted by molar-refractivity contribution is 5.76. The SMILES string of the molecule is CCC(CC(=O)O)(NC(C)=O)c1ccccc1. The zero-order valence-electron chi connectivity index (χ0n) is 10.1. The Morgan fingerprint density at radius 1 is 1.29 bits per heavy atom. The Morgan fingerprint density at radius 2 is 1.88 bits per heavy atom. The van der Waals surface area contributed by atoms with Gasteiger partial charge in [-0.1, -0.05) is 37.3 Å². The Bertz CT molecular complexity index is 384. The average Bonchev–Trinajstić information content (AvgIpc) is 2.28. The minimum atomic E-state index is -0.926. The van der Waals surface area contributed by atoms with Gasteiger partial charge in [-0.2, -0.15) is 0 Å². The van der Waals surface area contributed by atoms with Gasteiger partial charge in [-0.15, -0.1) is 0 Å². The van der Waals surface area contributed by atoms with E-state index in [0.717, 1.165) is 5.56 Å². The van der Waals surface area contributed by atoms with Crippen LogP contribution in [-0.4, -0.2) is 17.0 Å². The van der Waals surface area contributed by atoms with E-state index in [1.807, 2.05) is 37.3 Å². The van der Waals surface area contributed by atoms with Crippen LogP contribution in [-0.2, 0) is 15.1 Å². The second kappa shape index (κ2) is 5.48. The van der Waals surface area contributed by atoms with Gasteiger partial charge >= 0.3 is 5.97 Å². The molecular formula is C13H17NO3. The largest absolute Gasteiger partial charge is 0.481 e. The number of carboxylic acids is 1. The number of benzene rings is 1. The number of carbonyl (C=O) groups excluding carboxylic acids is 1. The highest BCUT2D eigenvalue weighted by Gasteiger charge is 2.33. The first kappa shape index (κ1) is 13.2. The maximum absolute atomic E-state index is 11.3. The highest BCUT2D eigenvalue weighted by Crippen LogP contribution is 2.28. The van der Waals surface area contributed by atoms with Crippen molar-refractivity contribution in [2.75, 3.05) is 0 Å². The lowest BCUT2D eigenvalue weighted by atomic mass is 9.84. The molecule has 0 bridgehead atoms. The van der Waals surface area contributed by atoms with Gasteiger partial charge in [0.1, 0.15) is 0 Å². The van der Waals surface area contributed by atoms with Crippen LogP contribution in [0.1, 0.15) is 32.3 Å². The molecular weight excluding hydrogens is 218 g/mol. The number of carboxylic acid groups (broad SMARTS) is 1. The molecule has 2 N–H and O–H groups in total. The number of hydrogen-bond donors (Lipinski definition) is 2. The molecule has 1 rings (SSSR count). The molecule has 4 heteroatoms. The van der Waals surface area contributed by atoms with Gasteiger partial charge in [0.15, 0.2) is 0 Å². The Kier molecular flexibility index (Phi) is 4.26. The van der Waals surface area contributed by atoms with E-state index in [0.29, 0.717) is 6.42 Å². The van der Waals surface area contributed by atoms with E-state index in [9.17, 15) is 9.59 Å². The van der Waals surface area contributed by atoms with E-state index in [-0.39, 0.29) is 12.3 Å². The lowest BCUT2D eigenvalue weighted by Gasteiger charge is -2.32. The second-order valence-electron chi connectivity index (χ2n) is 4.05. The third-order valence-electron chi connectivity index (χ3n) is 2.80. The van der Waals surface area contributed by atoms with Crippen LogP contribution in [0.2, 0.25) is 0 Å². The quantitative estimate of drug-likeness (QED) is 0.819. The Balaban J connectivity index is 3.15. The monoisotopic (exact) mass is 235 g/mol. The smallest absolute Gasteiger partial charge is 0.306 e. The molecule has 0 saturated carbocycles. The van der Waals surface area contributed by atoms with Crippen molar-refractivity contribution in [3.8, 4) is 0 Å². The van der Waals surface area contributed by atoms with Gasteiger partial charge in [0.25, 0.3) is 0 Å². The van der Waals surface area contributed by atoms with E-state index >= 15 is 0 Å². The average molecular weight is 235 g/mol. The summed E-state index contributed by atoms with van der Waals surface area (Å²) in [5.74, 6) is -1.15. The summed E-state index contributed by atoms with van der Waals surface area (Å²) in [5.41, 5.74) is -0.000972. The molecule has 17 heavy (non-hydrogen) atoms. The van der Waals surface area contributed by atoms with E-state index in [1.54, 1.807) is 0 Å². The van der Waals surface area contributed by atoms with Crippen LogP contribution in [0.25, 0.3) is 0 Å². The molecule has 1 aromatic carbocycles. The lowest BCUT2D eigenvalue weighted by Crippen LogP contribution is -2.46. The van der Waals surface area contributed by atoms with Crippen molar-refractivity contribution < 1.29 is 14.7 Å². The number of amides is 1. The Hall–Kier alpha value is -1.84. The van der Waals surface area contributed by atoms with Crippen LogP contribution in [0.3, 0.4) is 0 Å². The first-order valence-electron chi connectivity index (χ1n) is 5.56. The summed E-state index contributed by atoms with van der Waals surface area (Å²) >= 11 is 0. The number of aliphatic carboxylic acids is 1. The van der Waals surface area contributed by atoms with Gasteiger partial charge in [0.05, 0.1) is 12.0 Å². The first-order valence-corrected chi connectivity index (χ1v) is 5.56. The zero-order chi connectivity index (χ0) is 12.9. The van der Waals surface area contributed by atoms with Crippen LogP contribution < -0.4 is 5.32 Å². The van der Waals surface area contributed by atoms with Gasteiger partial charge in [-0.25, -0.2) is 0 Å². The maximum Gasteiger partial charge on any atom is 0.306 e. The van der Waals surface area contributed by atoms with Crippen LogP contribution in [0.4, 0.5) is 0 Å². The van der Waals surface area contributed by atoms with Crippen molar-refractivity contribution in [3.63, 3.8) is 0 Å². The summed E-state index contributed by atoms with van der Waals surface area (Å²) in [6, 6.07) is 9.20. The third kappa shape index (κ3) is 3.31. The fraction of sp³-hybridized carbons (Fsp3) is 0.385. The summed E-state index contributed by atoms with van der Waals surface area (Å²) in [5, 5.41) is 11.8. The number of carbonyl (C=O) groups is 2. The van der Waals surface area contributed by atoms with Gasteiger partial charge in [0.2, 0.25) is 5.91 Å². The zero-order valence-corrected chi connectivity index (χ0v) is 10.1.